The van der Waals surface area contributed by atoms with E-state index < -0.39 is 0 Å². The van der Waals surface area contributed by atoms with Gasteiger partial charge in [0.2, 0.25) is 0 Å². The van der Waals surface area contributed by atoms with Gasteiger partial charge in [0.25, 0.3) is 5.91 Å². The minimum atomic E-state index is -0.386. The lowest BCUT2D eigenvalue weighted by Crippen LogP contribution is -2.60. The van der Waals surface area contributed by atoms with Gasteiger partial charge in [0.15, 0.2) is 10.8 Å². The Kier molecular flexibility index (Phi) is 4.47. The third-order valence-corrected chi connectivity index (χ3v) is 5.70. The Hall–Kier alpha value is -2.68. The highest BCUT2D eigenvalue weighted by Crippen LogP contribution is 2.38. The lowest BCUT2D eigenvalue weighted by molar-refractivity contribution is 0.0669. The van der Waals surface area contributed by atoms with Crippen LogP contribution in [0.4, 0.5) is 4.39 Å². The third-order valence-electron chi connectivity index (χ3n) is 4.89. The van der Waals surface area contributed by atoms with Gasteiger partial charge in [0.05, 0.1) is 6.04 Å². The number of benzene rings is 1. The van der Waals surface area contributed by atoms with Crippen LogP contribution in [0.25, 0.3) is 0 Å². The number of carbonyl (C=O) groups is 1. The van der Waals surface area contributed by atoms with Crippen molar-refractivity contribution in [1.29, 1.82) is 10.8 Å². The fraction of sp³-hybridized carbons (Fsp3) is 0.389. The standard InChI is InChI=1S/C18H19FN6OS/c1-10-22-17(27-23-10)16(21)25-9-8-24(14(15(25)20)11-2-3-11)18(26)12-4-6-13(19)7-5-12/h4-7,11,14,20-21H,2-3,8-9H2,1H3. The summed E-state index contributed by atoms with van der Waals surface area (Å²) >= 11 is 1.14. The molecule has 27 heavy (non-hydrogen) atoms. The molecule has 1 unspecified atom stereocenters. The Labute approximate surface area is 160 Å². The summed E-state index contributed by atoms with van der Waals surface area (Å²) < 4.78 is 17.3. The zero-order valence-electron chi connectivity index (χ0n) is 14.8. The van der Waals surface area contributed by atoms with Crippen molar-refractivity contribution >= 4 is 29.1 Å². The Balaban J connectivity index is 1.58. The molecule has 2 N–H and O–H groups in total. The van der Waals surface area contributed by atoms with Crippen LogP contribution >= 0.6 is 11.5 Å². The molecule has 2 aromatic rings. The number of amides is 1. The van der Waals surface area contributed by atoms with Gasteiger partial charge in [-0.2, -0.15) is 4.37 Å². The number of rotatable bonds is 3. The highest BCUT2D eigenvalue weighted by atomic mass is 32.1. The summed E-state index contributed by atoms with van der Waals surface area (Å²) in [5.41, 5.74) is 0.415. The quantitative estimate of drug-likeness (QED) is 0.626. The van der Waals surface area contributed by atoms with Gasteiger partial charge in [-0.3, -0.25) is 15.6 Å². The van der Waals surface area contributed by atoms with Gasteiger partial charge in [-0.15, -0.1) is 0 Å². The predicted octanol–water partition coefficient (Wildman–Crippen LogP) is 2.52. The number of hydrogen-bond donors (Lipinski definition) is 2. The Morgan fingerprint density at radius 2 is 1.96 bits per heavy atom. The van der Waals surface area contributed by atoms with Gasteiger partial charge in [-0.05, 0) is 61.5 Å². The second-order valence-electron chi connectivity index (χ2n) is 6.82. The van der Waals surface area contributed by atoms with Crippen LogP contribution in [0.5, 0.6) is 0 Å². The molecule has 2 fully saturated rings. The molecule has 9 heteroatoms. The maximum atomic E-state index is 13.2. The van der Waals surface area contributed by atoms with Crippen molar-refractivity contribution in [3.05, 3.63) is 46.5 Å². The van der Waals surface area contributed by atoms with Crippen molar-refractivity contribution in [1.82, 2.24) is 19.2 Å². The molecule has 7 nitrogen and oxygen atoms in total. The molecule has 1 saturated heterocycles. The molecule has 1 amide bonds. The summed E-state index contributed by atoms with van der Waals surface area (Å²) in [5, 5.41) is 17.6. The predicted molar refractivity (Wildman–Crippen MR) is 99.9 cm³/mol. The average Bonchev–Trinajstić information content (AvgIpc) is 3.40. The first-order valence-electron chi connectivity index (χ1n) is 8.77. The monoisotopic (exact) mass is 386 g/mol. The van der Waals surface area contributed by atoms with E-state index in [2.05, 4.69) is 9.36 Å². The fourth-order valence-corrected chi connectivity index (χ4v) is 4.02. The Morgan fingerprint density at radius 3 is 2.56 bits per heavy atom. The summed E-state index contributed by atoms with van der Waals surface area (Å²) in [6, 6.07) is 5.13. The van der Waals surface area contributed by atoms with Gasteiger partial charge in [-0.1, -0.05) is 0 Å². The van der Waals surface area contributed by atoms with E-state index in [0.717, 1.165) is 24.4 Å². The van der Waals surface area contributed by atoms with E-state index in [4.69, 9.17) is 10.8 Å². The van der Waals surface area contributed by atoms with E-state index in [0.29, 0.717) is 29.5 Å². The number of amidine groups is 2. The van der Waals surface area contributed by atoms with Crippen molar-refractivity contribution in [2.75, 3.05) is 13.1 Å². The lowest BCUT2D eigenvalue weighted by atomic mass is 10.0. The SMILES string of the molecule is Cc1nsc(C(=N)N2CCN(C(=O)c3ccc(F)cc3)C(C3CC3)C2=N)n1. The van der Waals surface area contributed by atoms with E-state index >= 15 is 0 Å². The maximum absolute atomic E-state index is 13.2. The van der Waals surface area contributed by atoms with Gasteiger partial charge in [-0.25, -0.2) is 9.37 Å². The molecule has 0 bridgehead atoms. The first-order chi connectivity index (χ1) is 13.0. The largest absolute Gasteiger partial charge is 0.326 e. The van der Waals surface area contributed by atoms with Crippen LogP contribution in [-0.4, -0.2) is 55.9 Å². The maximum Gasteiger partial charge on any atom is 0.254 e. The molecule has 2 aliphatic rings. The fourth-order valence-electron chi connectivity index (χ4n) is 3.39. The highest BCUT2D eigenvalue weighted by Gasteiger charge is 2.45. The topological polar surface area (TPSA) is 97.0 Å². The van der Waals surface area contributed by atoms with E-state index in [1.54, 1.807) is 16.7 Å². The normalized spacial score (nSPS) is 20.1. The molecule has 0 spiro atoms. The summed E-state index contributed by atoms with van der Waals surface area (Å²) in [7, 11) is 0. The molecule has 0 radical (unpaired) electrons. The zero-order valence-corrected chi connectivity index (χ0v) is 15.6. The first-order valence-corrected chi connectivity index (χ1v) is 9.55. The number of carbonyl (C=O) groups excluding carboxylic acids is 1. The van der Waals surface area contributed by atoms with Crippen molar-refractivity contribution in [3.8, 4) is 0 Å². The molecule has 1 atom stereocenters. The number of nitrogens with one attached hydrogen (secondary N) is 2. The Morgan fingerprint density at radius 1 is 1.26 bits per heavy atom. The molecule has 1 aromatic heterocycles. The summed E-state index contributed by atoms with van der Waals surface area (Å²) in [6.45, 7) is 2.53. The van der Waals surface area contributed by atoms with Gasteiger partial charge in [0.1, 0.15) is 17.5 Å². The summed E-state index contributed by atoms with van der Waals surface area (Å²) in [5.74, 6) is 0.657. The molecule has 1 aromatic carbocycles. The van der Waals surface area contributed by atoms with Crippen LogP contribution in [0.3, 0.4) is 0 Å². The Bertz CT molecular complexity index is 907. The van der Waals surface area contributed by atoms with E-state index in [1.807, 2.05) is 0 Å². The number of halogens is 1. The van der Waals surface area contributed by atoms with Crippen LogP contribution in [-0.2, 0) is 0 Å². The van der Waals surface area contributed by atoms with Crippen LogP contribution in [0, 0.1) is 29.5 Å². The highest BCUT2D eigenvalue weighted by molar-refractivity contribution is 7.07. The zero-order chi connectivity index (χ0) is 19.1. The molecular weight excluding hydrogens is 367 g/mol. The van der Waals surface area contributed by atoms with E-state index in [9.17, 15) is 9.18 Å². The average molecular weight is 386 g/mol. The molecule has 4 rings (SSSR count). The smallest absolute Gasteiger partial charge is 0.254 e. The van der Waals surface area contributed by atoms with Crippen LogP contribution in [0.15, 0.2) is 24.3 Å². The first kappa shape index (κ1) is 17.7. The van der Waals surface area contributed by atoms with E-state index in [-0.39, 0.29) is 35.4 Å². The molecule has 140 valence electrons. The number of nitrogens with zero attached hydrogens (tertiary/aromatic N) is 4. The van der Waals surface area contributed by atoms with Crippen molar-refractivity contribution < 1.29 is 9.18 Å². The van der Waals surface area contributed by atoms with Gasteiger partial charge >= 0.3 is 0 Å². The number of hydrogen-bond acceptors (Lipinski definition) is 6. The number of aryl methyl sites for hydroxylation is 1. The third kappa shape index (κ3) is 3.34. The summed E-state index contributed by atoms with van der Waals surface area (Å²) in [4.78, 5) is 20.5. The van der Waals surface area contributed by atoms with E-state index in [1.165, 1.54) is 24.3 Å². The molecule has 1 aliphatic carbocycles. The molecule has 1 saturated carbocycles. The van der Waals surface area contributed by atoms with Crippen molar-refractivity contribution in [2.45, 2.75) is 25.8 Å². The number of piperazine rings is 1. The van der Waals surface area contributed by atoms with Gasteiger partial charge < -0.3 is 9.80 Å². The van der Waals surface area contributed by atoms with Crippen LogP contribution in [0.2, 0.25) is 0 Å². The molecular formula is C18H19FN6OS. The minimum Gasteiger partial charge on any atom is -0.326 e. The molecule has 2 heterocycles. The number of aromatic nitrogens is 2. The van der Waals surface area contributed by atoms with Crippen molar-refractivity contribution in [3.63, 3.8) is 0 Å². The minimum absolute atomic E-state index is 0.158. The second-order valence-corrected chi connectivity index (χ2v) is 7.57. The van der Waals surface area contributed by atoms with Gasteiger partial charge in [0, 0.05) is 18.7 Å². The van der Waals surface area contributed by atoms with Crippen LogP contribution in [0.1, 0.15) is 34.0 Å². The van der Waals surface area contributed by atoms with Crippen LogP contribution < -0.4 is 0 Å². The summed E-state index contributed by atoms with van der Waals surface area (Å²) in [6.07, 6.45) is 1.92. The lowest BCUT2D eigenvalue weighted by Gasteiger charge is -2.42. The second kappa shape index (κ2) is 6.80. The molecule has 1 aliphatic heterocycles. The van der Waals surface area contributed by atoms with Crippen molar-refractivity contribution in [2.24, 2.45) is 5.92 Å².